The highest BCUT2D eigenvalue weighted by molar-refractivity contribution is 6.31. The second-order valence-corrected chi connectivity index (χ2v) is 6.16. The van der Waals surface area contributed by atoms with E-state index in [1.165, 1.54) is 19.2 Å². The Kier molecular flexibility index (Phi) is 4.01. The van der Waals surface area contributed by atoms with Gasteiger partial charge in [0, 0.05) is 21.9 Å². The zero-order valence-corrected chi connectivity index (χ0v) is 14.4. The Labute approximate surface area is 153 Å². The van der Waals surface area contributed by atoms with Gasteiger partial charge in [-0.1, -0.05) is 29.8 Å². The number of ether oxygens (including phenoxy) is 1. The summed E-state index contributed by atoms with van der Waals surface area (Å²) in [6, 6.07) is 14.9. The van der Waals surface area contributed by atoms with Gasteiger partial charge in [0.15, 0.2) is 0 Å². The highest BCUT2D eigenvalue weighted by atomic mass is 35.5. The molecule has 1 aromatic heterocycles. The van der Waals surface area contributed by atoms with Crippen LogP contribution in [0.5, 0.6) is 5.75 Å². The van der Waals surface area contributed by atoms with Crippen molar-refractivity contribution in [2.75, 3.05) is 12.4 Å². The first-order valence-corrected chi connectivity index (χ1v) is 8.20. The van der Waals surface area contributed by atoms with Crippen molar-refractivity contribution in [1.29, 1.82) is 0 Å². The monoisotopic (exact) mass is 369 g/mol. The molecule has 0 saturated heterocycles. The largest absolute Gasteiger partial charge is 0.495 e. The van der Waals surface area contributed by atoms with E-state index < -0.39 is 11.7 Å². The Balaban J connectivity index is 1.79. The summed E-state index contributed by atoms with van der Waals surface area (Å²) in [5.41, 5.74) is 1.55. The van der Waals surface area contributed by atoms with Gasteiger partial charge < -0.3 is 14.5 Å². The summed E-state index contributed by atoms with van der Waals surface area (Å²) in [5, 5.41) is 4.74. The summed E-state index contributed by atoms with van der Waals surface area (Å²) in [7, 11) is 1.50. The number of methoxy groups -OCH3 is 1. The molecule has 0 aliphatic heterocycles. The number of halogens is 2. The molecule has 0 bridgehead atoms. The van der Waals surface area contributed by atoms with Crippen LogP contribution in [0.3, 0.4) is 0 Å². The van der Waals surface area contributed by atoms with Crippen molar-refractivity contribution >= 4 is 45.1 Å². The van der Waals surface area contributed by atoms with Gasteiger partial charge in [-0.25, -0.2) is 4.39 Å². The number of para-hydroxylation sites is 1. The average molecular weight is 370 g/mol. The number of anilines is 1. The topological polar surface area (TPSA) is 51.5 Å². The molecule has 0 atom stereocenters. The minimum atomic E-state index is -0.657. The van der Waals surface area contributed by atoms with Crippen LogP contribution in [0.25, 0.3) is 21.9 Å². The molecule has 1 N–H and O–H groups in total. The van der Waals surface area contributed by atoms with Crippen LogP contribution in [0, 0.1) is 5.82 Å². The highest BCUT2D eigenvalue weighted by Gasteiger charge is 2.17. The molecule has 4 nitrogen and oxygen atoms in total. The lowest BCUT2D eigenvalue weighted by atomic mass is 10.1. The van der Waals surface area contributed by atoms with Gasteiger partial charge in [-0.15, -0.1) is 0 Å². The van der Waals surface area contributed by atoms with Crippen molar-refractivity contribution in [2.24, 2.45) is 0 Å². The minimum Gasteiger partial charge on any atom is -0.495 e. The normalized spacial score (nSPS) is 11.0. The molecule has 3 aromatic carbocycles. The molecule has 130 valence electrons. The third-order valence-corrected chi connectivity index (χ3v) is 4.36. The number of rotatable bonds is 3. The van der Waals surface area contributed by atoms with Crippen molar-refractivity contribution in [2.45, 2.75) is 0 Å². The molecule has 0 spiro atoms. The lowest BCUT2D eigenvalue weighted by Gasteiger charge is -2.11. The van der Waals surface area contributed by atoms with Crippen molar-refractivity contribution in [3.05, 3.63) is 71.0 Å². The number of benzene rings is 3. The molecular formula is C20H13ClFNO3. The Bertz CT molecular complexity index is 1150. The fourth-order valence-electron chi connectivity index (χ4n) is 2.88. The fraction of sp³-hybridized carbons (Fsp3) is 0.0500. The summed E-state index contributed by atoms with van der Waals surface area (Å²) in [4.78, 5) is 12.5. The molecule has 0 radical (unpaired) electrons. The maximum atomic E-state index is 13.9. The van der Waals surface area contributed by atoms with Crippen molar-refractivity contribution in [3.8, 4) is 5.75 Å². The molecule has 6 heteroatoms. The lowest BCUT2D eigenvalue weighted by molar-refractivity contribution is 0.102. The maximum absolute atomic E-state index is 13.9. The zero-order valence-electron chi connectivity index (χ0n) is 13.7. The standard InChI is InChI=1S/C20H13ClFNO3/c1-25-19-9-13-12-4-2-3-5-17(12)26-18(13)10-16(19)23-20(24)14-8-11(21)6-7-15(14)22/h2-10H,1H3,(H,23,24). The van der Waals surface area contributed by atoms with E-state index in [1.807, 2.05) is 24.3 Å². The van der Waals surface area contributed by atoms with Gasteiger partial charge >= 0.3 is 0 Å². The first kappa shape index (κ1) is 16.4. The van der Waals surface area contributed by atoms with Crippen LogP contribution in [0.4, 0.5) is 10.1 Å². The fourth-order valence-corrected chi connectivity index (χ4v) is 3.05. The number of furan rings is 1. The van der Waals surface area contributed by atoms with Gasteiger partial charge in [0.1, 0.15) is 22.7 Å². The van der Waals surface area contributed by atoms with Crippen molar-refractivity contribution < 1.29 is 18.3 Å². The second-order valence-electron chi connectivity index (χ2n) is 5.73. The van der Waals surface area contributed by atoms with Gasteiger partial charge in [-0.3, -0.25) is 4.79 Å². The van der Waals surface area contributed by atoms with E-state index in [0.29, 0.717) is 17.0 Å². The van der Waals surface area contributed by atoms with Crippen LogP contribution in [-0.4, -0.2) is 13.0 Å². The van der Waals surface area contributed by atoms with E-state index in [9.17, 15) is 9.18 Å². The second kappa shape index (κ2) is 6.35. The van der Waals surface area contributed by atoms with E-state index in [2.05, 4.69) is 5.32 Å². The summed E-state index contributed by atoms with van der Waals surface area (Å²) < 4.78 is 25.1. The van der Waals surface area contributed by atoms with Gasteiger partial charge in [0.2, 0.25) is 0 Å². The quantitative estimate of drug-likeness (QED) is 0.508. The smallest absolute Gasteiger partial charge is 0.258 e. The number of amides is 1. The molecule has 1 amide bonds. The molecule has 0 fully saturated rings. The van der Waals surface area contributed by atoms with Crippen LogP contribution in [0.1, 0.15) is 10.4 Å². The number of hydrogen-bond acceptors (Lipinski definition) is 3. The van der Waals surface area contributed by atoms with Gasteiger partial charge in [-0.05, 0) is 30.3 Å². The highest BCUT2D eigenvalue weighted by Crippen LogP contribution is 2.36. The Hall–Kier alpha value is -3.05. The van der Waals surface area contributed by atoms with E-state index in [0.717, 1.165) is 22.4 Å². The number of fused-ring (bicyclic) bond motifs is 3. The number of carbonyl (C=O) groups is 1. The predicted molar refractivity (Wildman–Crippen MR) is 99.6 cm³/mol. The van der Waals surface area contributed by atoms with Crippen molar-refractivity contribution in [1.82, 2.24) is 0 Å². The Morgan fingerprint density at radius 3 is 2.69 bits per heavy atom. The Morgan fingerprint density at radius 2 is 1.88 bits per heavy atom. The summed E-state index contributed by atoms with van der Waals surface area (Å²) in [6.07, 6.45) is 0. The summed E-state index contributed by atoms with van der Waals surface area (Å²) in [6.45, 7) is 0. The van der Waals surface area contributed by atoms with Crippen LogP contribution < -0.4 is 10.1 Å². The van der Waals surface area contributed by atoms with Gasteiger partial charge in [0.25, 0.3) is 5.91 Å². The van der Waals surface area contributed by atoms with E-state index >= 15 is 0 Å². The SMILES string of the molecule is COc1cc2c(cc1NC(=O)c1cc(Cl)ccc1F)oc1ccccc12. The van der Waals surface area contributed by atoms with Crippen LogP contribution >= 0.6 is 11.6 Å². The molecule has 26 heavy (non-hydrogen) atoms. The zero-order chi connectivity index (χ0) is 18.3. The first-order chi connectivity index (χ1) is 12.6. The number of hydrogen-bond donors (Lipinski definition) is 1. The molecule has 0 aliphatic rings. The lowest BCUT2D eigenvalue weighted by Crippen LogP contribution is -2.14. The number of nitrogens with one attached hydrogen (secondary N) is 1. The van der Waals surface area contributed by atoms with E-state index in [1.54, 1.807) is 12.1 Å². The minimum absolute atomic E-state index is 0.149. The van der Waals surface area contributed by atoms with Gasteiger partial charge in [-0.2, -0.15) is 0 Å². The third-order valence-electron chi connectivity index (χ3n) is 4.12. The number of carbonyl (C=O) groups excluding carboxylic acids is 1. The molecule has 0 saturated carbocycles. The molecule has 1 heterocycles. The van der Waals surface area contributed by atoms with Gasteiger partial charge in [0.05, 0.1) is 18.4 Å². The molecule has 4 rings (SSSR count). The molecule has 0 aliphatic carbocycles. The Morgan fingerprint density at radius 1 is 1.08 bits per heavy atom. The third kappa shape index (κ3) is 2.76. The van der Waals surface area contributed by atoms with Crippen LogP contribution in [0.2, 0.25) is 5.02 Å². The van der Waals surface area contributed by atoms with Crippen LogP contribution in [0.15, 0.2) is 59.0 Å². The first-order valence-electron chi connectivity index (χ1n) is 7.82. The predicted octanol–water partition coefficient (Wildman–Crippen LogP) is 5.64. The summed E-state index contributed by atoms with van der Waals surface area (Å²) in [5.74, 6) is -0.839. The molecule has 0 unspecified atom stereocenters. The van der Waals surface area contributed by atoms with Crippen LogP contribution in [-0.2, 0) is 0 Å². The van der Waals surface area contributed by atoms with E-state index in [-0.39, 0.29) is 10.6 Å². The van der Waals surface area contributed by atoms with E-state index in [4.69, 9.17) is 20.8 Å². The van der Waals surface area contributed by atoms with Crippen molar-refractivity contribution in [3.63, 3.8) is 0 Å². The average Bonchev–Trinajstić information content (AvgIpc) is 3.00. The maximum Gasteiger partial charge on any atom is 0.258 e. The molecular weight excluding hydrogens is 357 g/mol. The summed E-state index contributed by atoms with van der Waals surface area (Å²) >= 11 is 5.86. The molecule has 4 aromatic rings.